The van der Waals surface area contributed by atoms with Gasteiger partial charge >= 0.3 is 30.5 Å². The first-order chi connectivity index (χ1) is 9.63. The molecule has 0 aromatic heterocycles. The molecule has 22 heavy (non-hydrogen) atoms. The maximum absolute atomic E-state index is 12.2. The lowest BCUT2D eigenvalue weighted by atomic mass is 10.3. The van der Waals surface area contributed by atoms with Crippen molar-refractivity contribution in [1.29, 1.82) is 0 Å². The third-order valence-corrected chi connectivity index (χ3v) is 1.96. The summed E-state index contributed by atoms with van der Waals surface area (Å²) in [4.78, 5) is 10.7. The Labute approximate surface area is 116 Å². The highest BCUT2D eigenvalue weighted by Crippen LogP contribution is 2.37. The number of rotatable bonds is 6. The molecule has 5 nitrogen and oxygen atoms in total. The van der Waals surface area contributed by atoms with E-state index in [0.29, 0.717) is 0 Å². The molecular weight excluding hydrogens is 340 g/mol. The largest absolute Gasteiger partial charge is 0.457 e. The average Bonchev–Trinajstić information content (AvgIpc) is 2.32. The van der Waals surface area contributed by atoms with Crippen molar-refractivity contribution in [2.45, 2.75) is 30.9 Å². The van der Waals surface area contributed by atoms with Crippen LogP contribution < -0.4 is 0 Å². The van der Waals surface area contributed by atoms with Gasteiger partial charge in [0.1, 0.15) is 12.2 Å². The predicted octanol–water partition coefficient (Wildman–Crippen LogP) is 1.50. The number of hydrogen-bond acceptors (Lipinski definition) is 5. The molecule has 0 aromatic carbocycles. The zero-order valence-corrected chi connectivity index (χ0v) is 10.2. The fourth-order valence-electron chi connectivity index (χ4n) is 0.833. The molecule has 13 heteroatoms. The highest BCUT2D eigenvalue weighted by Gasteiger charge is 2.63. The number of esters is 1. The summed E-state index contributed by atoms with van der Waals surface area (Å²) in [6.45, 7) is 0.579. The van der Waals surface area contributed by atoms with Gasteiger partial charge in [0.15, 0.2) is 6.29 Å². The van der Waals surface area contributed by atoms with E-state index in [1.807, 2.05) is 0 Å². The number of hydrogen-bond donors (Lipinski definition) is 2. The summed E-state index contributed by atoms with van der Waals surface area (Å²) in [7, 11) is 0. The maximum atomic E-state index is 12.2. The average molecular weight is 348 g/mol. The highest BCUT2D eigenvalue weighted by atomic mass is 19.4. The van der Waals surface area contributed by atoms with E-state index in [-0.39, 0.29) is 0 Å². The quantitative estimate of drug-likeness (QED) is 0.329. The van der Waals surface area contributed by atoms with Crippen LogP contribution in [0, 0.1) is 0 Å². The van der Waals surface area contributed by atoms with Crippen molar-refractivity contribution in [3.63, 3.8) is 0 Å². The summed E-state index contributed by atoms with van der Waals surface area (Å²) in [6, 6.07) is 0. The molecule has 2 unspecified atom stereocenters. The number of alkyl halides is 8. The monoisotopic (exact) mass is 348 g/mol. The van der Waals surface area contributed by atoms with Crippen molar-refractivity contribution in [3.8, 4) is 0 Å². The number of aliphatic hydroxyl groups is 2. The molecule has 0 aliphatic rings. The molecule has 130 valence electrons. The van der Waals surface area contributed by atoms with Gasteiger partial charge in [0.2, 0.25) is 0 Å². The second kappa shape index (κ2) is 6.75. The summed E-state index contributed by atoms with van der Waals surface area (Å²) < 4.78 is 104. The van der Waals surface area contributed by atoms with Crippen molar-refractivity contribution in [2.24, 2.45) is 0 Å². The molecule has 0 aromatic rings. The zero-order valence-electron chi connectivity index (χ0n) is 10.2. The Morgan fingerprint density at radius 3 is 1.91 bits per heavy atom. The smallest absolute Gasteiger partial charge is 0.449 e. The Morgan fingerprint density at radius 1 is 1.14 bits per heavy atom. The first-order valence-electron chi connectivity index (χ1n) is 4.99. The Bertz CT molecular complexity index is 417. The van der Waals surface area contributed by atoms with Crippen LogP contribution >= 0.6 is 0 Å². The summed E-state index contributed by atoms with van der Waals surface area (Å²) in [6.07, 6.45) is -18.8. The Hall–Kier alpha value is -1.47. The van der Waals surface area contributed by atoms with Gasteiger partial charge in [-0.2, -0.15) is 26.3 Å². The minimum atomic E-state index is -6.04. The standard InChI is InChI=1S/C9H8F8O5/c1-3(8(12,13)14)5(19)21-2-4(18)22-7(20,6(10)11)9(15,16)17/h4,6,18,20H,1-2H2. The van der Waals surface area contributed by atoms with Gasteiger partial charge in [-0.3, -0.25) is 0 Å². The first kappa shape index (κ1) is 20.5. The maximum Gasteiger partial charge on any atom is 0.449 e. The van der Waals surface area contributed by atoms with Crippen LogP contribution in [-0.2, 0) is 14.3 Å². The summed E-state index contributed by atoms with van der Waals surface area (Å²) in [5, 5.41) is 17.4. The van der Waals surface area contributed by atoms with Crippen molar-refractivity contribution in [2.75, 3.05) is 6.61 Å². The van der Waals surface area contributed by atoms with E-state index in [1.54, 1.807) is 0 Å². The predicted molar refractivity (Wildman–Crippen MR) is 50.3 cm³/mol. The number of carbonyl (C=O) groups is 1. The first-order valence-corrected chi connectivity index (χ1v) is 4.99. The van der Waals surface area contributed by atoms with E-state index in [0.717, 1.165) is 0 Å². The van der Waals surface area contributed by atoms with Crippen LogP contribution in [0.5, 0.6) is 0 Å². The molecular formula is C9H8F8O5. The topological polar surface area (TPSA) is 76.0 Å². The van der Waals surface area contributed by atoms with E-state index in [9.17, 15) is 39.9 Å². The third kappa shape index (κ3) is 5.06. The fraction of sp³-hybridized carbons (Fsp3) is 0.667. The Morgan fingerprint density at radius 2 is 1.59 bits per heavy atom. The SMILES string of the molecule is C=C(C(=O)OCC(O)OC(O)(C(F)F)C(F)(F)F)C(F)(F)F. The number of carbonyl (C=O) groups excluding carboxylic acids is 1. The lowest BCUT2D eigenvalue weighted by Gasteiger charge is -2.31. The minimum absolute atomic E-state index is 1.70. The molecule has 0 radical (unpaired) electrons. The van der Waals surface area contributed by atoms with Gasteiger partial charge in [-0.15, -0.1) is 0 Å². The molecule has 0 aliphatic heterocycles. The van der Waals surface area contributed by atoms with Crippen LogP contribution in [0.25, 0.3) is 0 Å². The molecule has 0 heterocycles. The molecule has 0 fully saturated rings. The fourth-order valence-corrected chi connectivity index (χ4v) is 0.833. The van der Waals surface area contributed by atoms with Gasteiger partial charge in [0.25, 0.3) is 0 Å². The van der Waals surface area contributed by atoms with E-state index in [2.05, 4.69) is 16.1 Å². The summed E-state index contributed by atoms with van der Waals surface area (Å²) in [5.74, 6) is -7.28. The van der Waals surface area contributed by atoms with Crippen molar-refractivity contribution in [1.82, 2.24) is 0 Å². The van der Waals surface area contributed by atoms with E-state index in [4.69, 9.17) is 10.2 Å². The third-order valence-electron chi connectivity index (χ3n) is 1.96. The van der Waals surface area contributed by atoms with Gasteiger partial charge in [-0.25, -0.2) is 13.6 Å². The minimum Gasteiger partial charge on any atom is -0.457 e. The van der Waals surface area contributed by atoms with Crippen molar-refractivity contribution >= 4 is 5.97 Å². The molecule has 0 saturated heterocycles. The normalized spacial score (nSPS) is 17.0. The number of ether oxygens (including phenoxy) is 2. The van der Waals surface area contributed by atoms with Crippen LogP contribution in [0.4, 0.5) is 35.1 Å². The van der Waals surface area contributed by atoms with Crippen LogP contribution in [0.3, 0.4) is 0 Å². The van der Waals surface area contributed by atoms with Crippen LogP contribution in [-0.4, -0.2) is 53.6 Å². The molecule has 2 N–H and O–H groups in total. The molecule has 0 amide bonds. The lowest BCUT2D eigenvalue weighted by Crippen LogP contribution is -2.56. The lowest BCUT2D eigenvalue weighted by molar-refractivity contribution is -0.429. The van der Waals surface area contributed by atoms with Crippen molar-refractivity contribution < 1.29 is 59.6 Å². The van der Waals surface area contributed by atoms with E-state index < -0.39 is 49.0 Å². The number of halogens is 8. The number of aliphatic hydroxyl groups excluding tert-OH is 1. The second-order valence-corrected chi connectivity index (χ2v) is 3.64. The zero-order chi connectivity index (χ0) is 17.9. The highest BCUT2D eigenvalue weighted by molar-refractivity contribution is 5.89. The van der Waals surface area contributed by atoms with E-state index in [1.165, 1.54) is 0 Å². The second-order valence-electron chi connectivity index (χ2n) is 3.64. The van der Waals surface area contributed by atoms with Gasteiger partial charge < -0.3 is 19.7 Å². The van der Waals surface area contributed by atoms with E-state index >= 15 is 0 Å². The van der Waals surface area contributed by atoms with Crippen LogP contribution in [0.2, 0.25) is 0 Å². The van der Waals surface area contributed by atoms with Gasteiger partial charge in [0.05, 0.1) is 0 Å². The Balaban J connectivity index is 4.73. The summed E-state index contributed by atoms with van der Waals surface area (Å²) in [5.41, 5.74) is -2.06. The Kier molecular flexibility index (Phi) is 6.29. The van der Waals surface area contributed by atoms with Gasteiger partial charge in [-0.1, -0.05) is 6.58 Å². The molecule has 0 saturated carbocycles. The molecule has 0 rings (SSSR count). The molecule has 0 spiro atoms. The molecule has 0 bridgehead atoms. The van der Waals surface area contributed by atoms with Crippen LogP contribution in [0.1, 0.15) is 0 Å². The van der Waals surface area contributed by atoms with Gasteiger partial charge in [-0.05, 0) is 0 Å². The molecule has 0 aliphatic carbocycles. The van der Waals surface area contributed by atoms with Gasteiger partial charge in [0, 0.05) is 0 Å². The molecule has 2 atom stereocenters. The summed E-state index contributed by atoms with van der Waals surface area (Å²) >= 11 is 0. The van der Waals surface area contributed by atoms with Crippen LogP contribution in [0.15, 0.2) is 12.2 Å². The van der Waals surface area contributed by atoms with Crippen molar-refractivity contribution in [3.05, 3.63) is 12.2 Å².